The van der Waals surface area contributed by atoms with Gasteiger partial charge in [0.25, 0.3) is 0 Å². The number of nitrogens with one attached hydrogen (secondary N) is 2. The van der Waals surface area contributed by atoms with E-state index in [1.807, 2.05) is 0 Å². The summed E-state index contributed by atoms with van der Waals surface area (Å²) in [6, 6.07) is 19.2. The van der Waals surface area contributed by atoms with Crippen molar-refractivity contribution in [2.45, 2.75) is 110 Å². The number of hydrogen-bond donors (Lipinski definition) is 3. The molecule has 2 aromatic rings. The van der Waals surface area contributed by atoms with Crippen LogP contribution < -0.4 is 16.4 Å². The normalized spacial score (nSPS) is 12.1. The maximum Gasteiger partial charge on any atom is 0.00672 e. The van der Waals surface area contributed by atoms with Crippen LogP contribution in [0.15, 0.2) is 48.5 Å². The molecule has 0 radical (unpaired) electrons. The minimum absolute atomic E-state index is 0. The lowest BCUT2D eigenvalue weighted by atomic mass is 9.86. The highest BCUT2D eigenvalue weighted by Crippen LogP contribution is 2.24. The van der Waals surface area contributed by atoms with E-state index >= 15 is 0 Å². The Morgan fingerprint density at radius 1 is 0.622 bits per heavy atom. The SMILES string of the molecule is CC(C)(C)c1ccc(CCCC(CCCc2ccc(C(C)(C)C)cc2)NCCCNCCCN)cc1.Cl. The molecule has 0 unspecified atom stereocenters. The van der Waals surface area contributed by atoms with Crippen molar-refractivity contribution in [3.63, 3.8) is 0 Å². The molecule has 0 fully saturated rings. The average Bonchev–Trinajstić information content (AvgIpc) is 2.82. The molecule has 0 bridgehead atoms. The van der Waals surface area contributed by atoms with E-state index in [9.17, 15) is 0 Å². The first-order valence-corrected chi connectivity index (χ1v) is 14.4. The molecule has 210 valence electrons. The molecular weight excluding hydrogens is 474 g/mol. The highest BCUT2D eigenvalue weighted by atomic mass is 35.5. The van der Waals surface area contributed by atoms with Crippen LogP contribution in [0.1, 0.15) is 102 Å². The van der Waals surface area contributed by atoms with Crippen molar-refractivity contribution < 1.29 is 0 Å². The molecule has 0 aromatic heterocycles. The van der Waals surface area contributed by atoms with Crippen LogP contribution in [0, 0.1) is 0 Å². The molecule has 0 amide bonds. The third-order valence-corrected chi connectivity index (χ3v) is 7.20. The van der Waals surface area contributed by atoms with E-state index in [-0.39, 0.29) is 23.2 Å². The molecule has 3 nitrogen and oxygen atoms in total. The topological polar surface area (TPSA) is 50.1 Å². The van der Waals surface area contributed by atoms with Gasteiger partial charge in [-0.2, -0.15) is 0 Å². The van der Waals surface area contributed by atoms with Gasteiger partial charge in [-0.25, -0.2) is 0 Å². The van der Waals surface area contributed by atoms with Crippen LogP contribution in [0.4, 0.5) is 0 Å². The van der Waals surface area contributed by atoms with Gasteiger partial charge in [-0.3, -0.25) is 0 Å². The van der Waals surface area contributed by atoms with E-state index in [1.54, 1.807) is 0 Å². The second kappa shape index (κ2) is 17.2. The van der Waals surface area contributed by atoms with E-state index in [2.05, 4.69) is 101 Å². The second-order valence-corrected chi connectivity index (χ2v) is 12.6. The lowest BCUT2D eigenvalue weighted by Crippen LogP contribution is -2.32. The summed E-state index contributed by atoms with van der Waals surface area (Å²) < 4.78 is 0. The van der Waals surface area contributed by atoms with Gasteiger partial charge in [0, 0.05) is 6.04 Å². The molecule has 0 aliphatic carbocycles. The summed E-state index contributed by atoms with van der Waals surface area (Å²) in [7, 11) is 0. The first kappa shape index (κ1) is 33.6. The predicted octanol–water partition coefficient (Wildman–Crippen LogP) is 7.34. The largest absolute Gasteiger partial charge is 0.330 e. The van der Waals surface area contributed by atoms with Gasteiger partial charge < -0.3 is 16.4 Å². The Kier molecular flexibility index (Phi) is 15.7. The summed E-state index contributed by atoms with van der Waals surface area (Å²) in [5.41, 5.74) is 11.8. The Labute approximate surface area is 235 Å². The first-order valence-electron chi connectivity index (χ1n) is 14.4. The number of nitrogens with two attached hydrogens (primary N) is 1. The summed E-state index contributed by atoms with van der Waals surface area (Å²) in [6.45, 7) is 17.6. The minimum atomic E-state index is 0. The zero-order valence-electron chi connectivity index (χ0n) is 24.7. The van der Waals surface area contributed by atoms with Gasteiger partial charge in [-0.05, 0) is 111 Å². The Morgan fingerprint density at radius 3 is 1.46 bits per heavy atom. The van der Waals surface area contributed by atoms with E-state index in [1.165, 1.54) is 54.4 Å². The van der Waals surface area contributed by atoms with Crippen molar-refractivity contribution in [2.24, 2.45) is 5.73 Å². The Balaban J connectivity index is 0.00000684. The standard InChI is InChI=1S/C33H55N3.ClH/c1-32(2,3)29-19-15-27(16-20-29)11-7-13-31(36-26-10-25-35-24-9-23-34)14-8-12-28-17-21-30(22-18-28)33(4,5)6;/h15-22,31,35-36H,7-14,23-26,34H2,1-6H3;1H. The Morgan fingerprint density at radius 2 is 1.05 bits per heavy atom. The van der Waals surface area contributed by atoms with Crippen molar-refractivity contribution in [1.29, 1.82) is 0 Å². The van der Waals surface area contributed by atoms with Crippen molar-refractivity contribution in [3.05, 3.63) is 70.8 Å². The first-order chi connectivity index (χ1) is 17.1. The van der Waals surface area contributed by atoms with Crippen molar-refractivity contribution in [2.75, 3.05) is 26.2 Å². The lowest BCUT2D eigenvalue weighted by Gasteiger charge is -2.21. The number of aryl methyl sites for hydroxylation is 2. The molecule has 4 heteroatoms. The molecule has 0 spiro atoms. The molecular formula is C33H56ClN3. The van der Waals surface area contributed by atoms with Crippen LogP contribution in [-0.2, 0) is 23.7 Å². The summed E-state index contributed by atoms with van der Waals surface area (Å²) in [5, 5.41) is 7.38. The molecule has 0 saturated carbocycles. The minimum Gasteiger partial charge on any atom is -0.330 e. The van der Waals surface area contributed by atoms with Crippen molar-refractivity contribution >= 4 is 12.4 Å². The van der Waals surface area contributed by atoms with Crippen LogP contribution in [-0.4, -0.2) is 32.2 Å². The van der Waals surface area contributed by atoms with E-state index in [0.717, 1.165) is 45.4 Å². The molecule has 2 rings (SSSR count). The average molecular weight is 530 g/mol. The summed E-state index contributed by atoms with van der Waals surface area (Å²) in [4.78, 5) is 0. The van der Waals surface area contributed by atoms with Gasteiger partial charge in [-0.1, -0.05) is 90.1 Å². The van der Waals surface area contributed by atoms with E-state index < -0.39 is 0 Å². The third-order valence-electron chi connectivity index (χ3n) is 7.20. The fourth-order valence-electron chi connectivity index (χ4n) is 4.67. The maximum absolute atomic E-state index is 5.59. The van der Waals surface area contributed by atoms with Gasteiger partial charge in [0.15, 0.2) is 0 Å². The second-order valence-electron chi connectivity index (χ2n) is 12.6. The van der Waals surface area contributed by atoms with E-state index in [4.69, 9.17) is 5.73 Å². The Bertz CT molecular complexity index is 768. The van der Waals surface area contributed by atoms with Crippen LogP contribution in [0.5, 0.6) is 0 Å². The number of rotatable bonds is 16. The number of benzene rings is 2. The van der Waals surface area contributed by atoms with Crippen molar-refractivity contribution in [1.82, 2.24) is 10.6 Å². The molecule has 2 aromatic carbocycles. The summed E-state index contributed by atoms with van der Waals surface area (Å²) >= 11 is 0. The quantitative estimate of drug-likeness (QED) is 0.199. The molecule has 0 saturated heterocycles. The molecule has 4 N–H and O–H groups in total. The van der Waals surface area contributed by atoms with Crippen LogP contribution >= 0.6 is 12.4 Å². The molecule has 0 aliphatic rings. The monoisotopic (exact) mass is 529 g/mol. The van der Waals surface area contributed by atoms with Gasteiger partial charge in [-0.15, -0.1) is 12.4 Å². The zero-order chi connectivity index (χ0) is 26.4. The van der Waals surface area contributed by atoms with Crippen molar-refractivity contribution in [3.8, 4) is 0 Å². The maximum atomic E-state index is 5.59. The Hall–Kier alpha value is -1.39. The number of hydrogen-bond acceptors (Lipinski definition) is 3. The highest BCUT2D eigenvalue weighted by molar-refractivity contribution is 5.85. The predicted molar refractivity (Wildman–Crippen MR) is 166 cm³/mol. The van der Waals surface area contributed by atoms with Crippen LogP contribution in [0.2, 0.25) is 0 Å². The zero-order valence-corrected chi connectivity index (χ0v) is 25.5. The van der Waals surface area contributed by atoms with Gasteiger partial charge in [0.05, 0.1) is 0 Å². The molecule has 0 atom stereocenters. The van der Waals surface area contributed by atoms with Crippen LogP contribution in [0.25, 0.3) is 0 Å². The lowest BCUT2D eigenvalue weighted by molar-refractivity contribution is 0.424. The van der Waals surface area contributed by atoms with Crippen LogP contribution in [0.3, 0.4) is 0 Å². The molecule has 0 heterocycles. The molecule has 37 heavy (non-hydrogen) atoms. The fourth-order valence-corrected chi connectivity index (χ4v) is 4.67. The fraction of sp³-hybridized carbons (Fsp3) is 0.636. The number of halogens is 1. The molecule has 0 aliphatic heterocycles. The summed E-state index contributed by atoms with van der Waals surface area (Å²) in [5.74, 6) is 0. The highest BCUT2D eigenvalue weighted by Gasteiger charge is 2.14. The third kappa shape index (κ3) is 13.8. The van der Waals surface area contributed by atoms with Gasteiger partial charge in [0.1, 0.15) is 0 Å². The smallest absolute Gasteiger partial charge is 0.00672 e. The van der Waals surface area contributed by atoms with E-state index in [0.29, 0.717) is 6.04 Å². The summed E-state index contributed by atoms with van der Waals surface area (Å²) in [6.07, 6.45) is 9.51. The van der Waals surface area contributed by atoms with Gasteiger partial charge in [0.2, 0.25) is 0 Å². The van der Waals surface area contributed by atoms with Gasteiger partial charge >= 0.3 is 0 Å².